The van der Waals surface area contributed by atoms with Crippen LogP contribution in [0.1, 0.15) is 18.9 Å². The smallest absolute Gasteiger partial charge is 0.292 e. The summed E-state index contributed by atoms with van der Waals surface area (Å²) in [6.07, 6.45) is 1.07. The molecule has 0 bridgehead atoms. The average Bonchev–Trinajstić information content (AvgIpc) is 2.63. The van der Waals surface area contributed by atoms with Crippen LogP contribution >= 0.6 is 11.8 Å². The maximum Gasteiger partial charge on any atom is 0.292 e. The molecule has 1 heterocycles. The summed E-state index contributed by atoms with van der Waals surface area (Å²) in [6.45, 7) is 4.14. The van der Waals surface area contributed by atoms with Crippen LogP contribution in [0.3, 0.4) is 0 Å². The first-order valence-corrected chi connectivity index (χ1v) is 6.74. The number of hydrogen-bond donors (Lipinski definition) is 1. The van der Waals surface area contributed by atoms with Gasteiger partial charge in [0, 0.05) is 23.1 Å². The summed E-state index contributed by atoms with van der Waals surface area (Å²) >= 11 is 1.91. The zero-order valence-corrected chi connectivity index (χ0v) is 10.8. The van der Waals surface area contributed by atoms with E-state index in [-0.39, 0.29) is 10.6 Å². The lowest BCUT2D eigenvalue weighted by atomic mass is 10.1. The number of nitrogens with zero attached hydrogens (tertiary/aromatic N) is 1. The van der Waals surface area contributed by atoms with E-state index in [1.165, 1.54) is 0 Å². The van der Waals surface area contributed by atoms with Crippen LogP contribution in [0.2, 0.25) is 0 Å². The molecule has 2 rings (SSSR count). The maximum atomic E-state index is 10.9. The molecule has 5 heteroatoms. The Labute approximate surface area is 105 Å². The summed E-state index contributed by atoms with van der Waals surface area (Å²) in [4.78, 5) is 10.6. The lowest BCUT2D eigenvalue weighted by Crippen LogP contribution is -2.19. The van der Waals surface area contributed by atoms with Crippen molar-refractivity contribution in [2.24, 2.45) is 0 Å². The minimum absolute atomic E-state index is 0.167. The van der Waals surface area contributed by atoms with Crippen molar-refractivity contribution in [3.63, 3.8) is 0 Å². The van der Waals surface area contributed by atoms with Gasteiger partial charge in [0.2, 0.25) is 0 Å². The van der Waals surface area contributed by atoms with Crippen molar-refractivity contribution in [2.45, 2.75) is 31.6 Å². The molecule has 1 aliphatic rings. The van der Waals surface area contributed by atoms with Crippen LogP contribution < -0.4 is 5.32 Å². The van der Waals surface area contributed by atoms with Crippen LogP contribution in [0, 0.1) is 17.0 Å². The van der Waals surface area contributed by atoms with Crippen molar-refractivity contribution >= 4 is 23.1 Å². The molecule has 2 unspecified atom stereocenters. The van der Waals surface area contributed by atoms with Gasteiger partial charge in [-0.05, 0) is 25.0 Å². The number of benzene rings is 1. The third-order valence-corrected chi connectivity index (χ3v) is 4.26. The number of hydrogen-bond acceptors (Lipinski definition) is 4. The van der Waals surface area contributed by atoms with Crippen LogP contribution in [-0.2, 0) is 0 Å². The number of nitrogens with one attached hydrogen (secondary N) is 1. The van der Waals surface area contributed by atoms with Crippen LogP contribution in [0.25, 0.3) is 0 Å². The Kier molecular flexibility index (Phi) is 3.57. The molecule has 0 spiro atoms. The highest BCUT2D eigenvalue weighted by molar-refractivity contribution is 8.00. The standard InChI is InChI=1S/C12H16N2O2S/c1-8-3-4-12(14(15)16)11(5-8)13-10-6-9(2)17-7-10/h3-5,9-10,13H,6-7H2,1-2H3. The predicted molar refractivity (Wildman–Crippen MR) is 71.8 cm³/mol. The first kappa shape index (κ1) is 12.2. The zero-order chi connectivity index (χ0) is 12.4. The normalized spacial score (nSPS) is 23.6. The van der Waals surface area contributed by atoms with Gasteiger partial charge >= 0.3 is 0 Å². The lowest BCUT2D eigenvalue weighted by Gasteiger charge is -2.13. The number of nitro benzene ring substituents is 1. The van der Waals surface area contributed by atoms with Gasteiger partial charge in [0.15, 0.2) is 0 Å². The third-order valence-electron chi connectivity index (χ3n) is 2.91. The Bertz CT molecular complexity index is 437. The Hall–Kier alpha value is -1.23. The van der Waals surface area contributed by atoms with E-state index in [0.717, 1.165) is 17.7 Å². The first-order chi connectivity index (χ1) is 8.06. The SMILES string of the molecule is Cc1ccc([N+](=O)[O-])c(NC2CSC(C)C2)c1. The van der Waals surface area contributed by atoms with Crippen LogP contribution in [0.5, 0.6) is 0 Å². The molecular weight excluding hydrogens is 236 g/mol. The molecule has 1 N–H and O–H groups in total. The monoisotopic (exact) mass is 252 g/mol. The van der Waals surface area contributed by atoms with Crippen molar-refractivity contribution < 1.29 is 4.92 Å². The molecule has 1 aliphatic heterocycles. The molecule has 0 aromatic heterocycles. The summed E-state index contributed by atoms with van der Waals surface area (Å²) in [7, 11) is 0. The summed E-state index contributed by atoms with van der Waals surface area (Å²) < 4.78 is 0. The third kappa shape index (κ3) is 2.91. The minimum atomic E-state index is -0.326. The number of rotatable bonds is 3. The van der Waals surface area contributed by atoms with E-state index in [0.29, 0.717) is 17.0 Å². The fourth-order valence-electron chi connectivity index (χ4n) is 2.06. The molecule has 17 heavy (non-hydrogen) atoms. The number of aryl methyl sites for hydroxylation is 1. The van der Waals surface area contributed by atoms with Crippen LogP contribution in [0.4, 0.5) is 11.4 Å². The predicted octanol–water partition coefficient (Wildman–Crippen LogP) is 3.21. The maximum absolute atomic E-state index is 10.9. The fourth-order valence-corrected chi connectivity index (χ4v) is 3.21. The summed E-state index contributed by atoms with van der Waals surface area (Å²) in [5.74, 6) is 1.02. The highest BCUT2D eigenvalue weighted by Crippen LogP contribution is 2.32. The quantitative estimate of drug-likeness (QED) is 0.663. The van der Waals surface area contributed by atoms with Gasteiger partial charge in [0.1, 0.15) is 5.69 Å². The Morgan fingerprint density at radius 1 is 1.53 bits per heavy atom. The Balaban J connectivity index is 2.19. The van der Waals surface area contributed by atoms with Gasteiger partial charge in [0.25, 0.3) is 5.69 Å². The minimum Gasteiger partial charge on any atom is -0.376 e. The van der Waals surface area contributed by atoms with E-state index in [9.17, 15) is 10.1 Å². The van der Waals surface area contributed by atoms with E-state index >= 15 is 0 Å². The van der Waals surface area contributed by atoms with Gasteiger partial charge in [0.05, 0.1) is 4.92 Å². The first-order valence-electron chi connectivity index (χ1n) is 5.69. The second-order valence-electron chi connectivity index (χ2n) is 4.50. The molecule has 4 nitrogen and oxygen atoms in total. The van der Waals surface area contributed by atoms with E-state index < -0.39 is 0 Å². The molecule has 1 fully saturated rings. The van der Waals surface area contributed by atoms with Gasteiger partial charge in [-0.2, -0.15) is 11.8 Å². The molecule has 1 aromatic carbocycles. The van der Waals surface area contributed by atoms with Gasteiger partial charge in [-0.25, -0.2) is 0 Å². The fraction of sp³-hybridized carbons (Fsp3) is 0.500. The molecular formula is C12H16N2O2S. The van der Waals surface area contributed by atoms with Crippen molar-refractivity contribution in [3.8, 4) is 0 Å². The average molecular weight is 252 g/mol. The summed E-state index contributed by atoms with van der Waals surface area (Å²) in [6, 6.07) is 5.54. The molecule has 92 valence electrons. The van der Waals surface area contributed by atoms with E-state index in [1.807, 2.05) is 24.8 Å². The van der Waals surface area contributed by atoms with Crippen LogP contribution in [0.15, 0.2) is 18.2 Å². The molecule has 0 saturated carbocycles. The molecule has 1 aromatic rings. The Morgan fingerprint density at radius 3 is 2.88 bits per heavy atom. The number of anilines is 1. The summed E-state index contributed by atoms with van der Waals surface area (Å²) in [5, 5.41) is 14.9. The van der Waals surface area contributed by atoms with E-state index in [1.54, 1.807) is 12.1 Å². The molecule has 0 aliphatic carbocycles. The zero-order valence-electron chi connectivity index (χ0n) is 9.97. The topological polar surface area (TPSA) is 55.2 Å². The van der Waals surface area contributed by atoms with Crippen molar-refractivity contribution in [1.29, 1.82) is 0 Å². The van der Waals surface area contributed by atoms with Gasteiger partial charge in [-0.1, -0.05) is 13.0 Å². The number of thioether (sulfide) groups is 1. The van der Waals surface area contributed by atoms with Gasteiger partial charge < -0.3 is 5.32 Å². The number of nitro groups is 1. The second kappa shape index (κ2) is 4.96. The van der Waals surface area contributed by atoms with Crippen molar-refractivity contribution in [2.75, 3.05) is 11.1 Å². The second-order valence-corrected chi connectivity index (χ2v) is 5.97. The largest absolute Gasteiger partial charge is 0.376 e. The molecule has 0 amide bonds. The van der Waals surface area contributed by atoms with E-state index in [2.05, 4.69) is 12.2 Å². The van der Waals surface area contributed by atoms with Crippen molar-refractivity contribution in [3.05, 3.63) is 33.9 Å². The molecule has 1 saturated heterocycles. The lowest BCUT2D eigenvalue weighted by molar-refractivity contribution is -0.384. The molecule has 0 radical (unpaired) electrons. The van der Waals surface area contributed by atoms with Gasteiger partial charge in [-0.15, -0.1) is 0 Å². The molecule has 2 atom stereocenters. The van der Waals surface area contributed by atoms with Gasteiger partial charge in [-0.3, -0.25) is 10.1 Å². The Morgan fingerprint density at radius 2 is 2.29 bits per heavy atom. The van der Waals surface area contributed by atoms with Crippen molar-refractivity contribution in [1.82, 2.24) is 0 Å². The van der Waals surface area contributed by atoms with E-state index in [4.69, 9.17) is 0 Å². The van der Waals surface area contributed by atoms with Crippen LogP contribution in [-0.4, -0.2) is 22.0 Å². The highest BCUT2D eigenvalue weighted by atomic mass is 32.2. The highest BCUT2D eigenvalue weighted by Gasteiger charge is 2.24. The summed E-state index contributed by atoms with van der Waals surface area (Å²) in [5.41, 5.74) is 1.85.